The van der Waals surface area contributed by atoms with Crippen molar-refractivity contribution < 1.29 is 14.6 Å². The molecule has 0 bridgehead atoms. The molecule has 1 amide bonds. The van der Waals surface area contributed by atoms with Crippen LogP contribution in [0.3, 0.4) is 0 Å². The topological polar surface area (TPSA) is 65.0 Å². The highest BCUT2D eigenvalue weighted by atomic mass is 16.5. The first-order valence-corrected chi connectivity index (χ1v) is 8.37. The van der Waals surface area contributed by atoms with Crippen molar-refractivity contribution in [2.45, 2.75) is 19.4 Å². The molecule has 6 heteroatoms. The number of amides is 1. The van der Waals surface area contributed by atoms with Crippen LogP contribution in [0.1, 0.15) is 25.0 Å². The summed E-state index contributed by atoms with van der Waals surface area (Å²) in [5.41, 5.74) is 1.61. The van der Waals surface area contributed by atoms with Crippen molar-refractivity contribution in [3.63, 3.8) is 0 Å². The van der Waals surface area contributed by atoms with Crippen LogP contribution in [0.2, 0.25) is 0 Å². The summed E-state index contributed by atoms with van der Waals surface area (Å²) in [4.78, 5) is 16.0. The smallest absolute Gasteiger partial charge is 0.265 e. The third kappa shape index (κ3) is 3.65. The van der Waals surface area contributed by atoms with Crippen LogP contribution in [-0.2, 0) is 4.79 Å². The first kappa shape index (κ1) is 16.2. The lowest BCUT2D eigenvalue weighted by Gasteiger charge is -2.30. The lowest BCUT2D eigenvalue weighted by molar-refractivity contribution is -0.121. The quantitative estimate of drug-likeness (QED) is 0.839. The number of likely N-dealkylation sites (N-methyl/N-ethyl adjacent to an activating group) is 1. The Morgan fingerprint density at radius 3 is 2.87 bits per heavy atom. The second kappa shape index (κ2) is 7.29. The summed E-state index contributed by atoms with van der Waals surface area (Å²) in [6, 6.07) is 5.64. The van der Waals surface area contributed by atoms with E-state index in [0.29, 0.717) is 18.7 Å². The van der Waals surface area contributed by atoms with Crippen LogP contribution in [0.4, 0.5) is 5.69 Å². The highest BCUT2D eigenvalue weighted by Crippen LogP contribution is 2.34. The molecule has 2 aliphatic heterocycles. The van der Waals surface area contributed by atoms with Crippen LogP contribution < -0.4 is 15.0 Å². The maximum Gasteiger partial charge on any atom is 0.265 e. The number of aliphatic hydroxyl groups is 1. The number of nitrogens with zero attached hydrogens (tertiary/aromatic N) is 2. The zero-order valence-electron chi connectivity index (χ0n) is 13.6. The van der Waals surface area contributed by atoms with E-state index in [0.717, 1.165) is 44.0 Å². The molecule has 2 aliphatic rings. The first-order valence-electron chi connectivity index (χ1n) is 8.37. The highest BCUT2D eigenvalue weighted by molar-refractivity contribution is 5.97. The summed E-state index contributed by atoms with van der Waals surface area (Å²) in [5.74, 6) is 0.678. The van der Waals surface area contributed by atoms with Crippen molar-refractivity contribution in [1.29, 1.82) is 0 Å². The number of benzene rings is 1. The van der Waals surface area contributed by atoms with Crippen molar-refractivity contribution in [2.24, 2.45) is 0 Å². The van der Waals surface area contributed by atoms with E-state index in [1.54, 1.807) is 4.90 Å². The number of aliphatic hydroxyl groups excluding tert-OH is 1. The van der Waals surface area contributed by atoms with Crippen molar-refractivity contribution in [2.75, 3.05) is 50.8 Å². The van der Waals surface area contributed by atoms with Crippen molar-refractivity contribution in [3.05, 3.63) is 23.8 Å². The molecule has 3 rings (SSSR count). The molecule has 6 nitrogen and oxygen atoms in total. The zero-order valence-corrected chi connectivity index (χ0v) is 13.6. The molecule has 23 heavy (non-hydrogen) atoms. The molecule has 0 radical (unpaired) electrons. The monoisotopic (exact) mass is 319 g/mol. The Kier molecular flexibility index (Phi) is 5.15. The number of rotatable bonds is 5. The van der Waals surface area contributed by atoms with E-state index in [2.05, 4.69) is 10.2 Å². The second-order valence-electron chi connectivity index (χ2n) is 6.05. The van der Waals surface area contributed by atoms with Gasteiger partial charge >= 0.3 is 0 Å². The van der Waals surface area contributed by atoms with Gasteiger partial charge in [0.15, 0.2) is 6.61 Å². The maximum atomic E-state index is 11.9. The lowest BCUT2D eigenvalue weighted by Crippen LogP contribution is -2.44. The van der Waals surface area contributed by atoms with Gasteiger partial charge < -0.3 is 25.0 Å². The van der Waals surface area contributed by atoms with Gasteiger partial charge in [-0.25, -0.2) is 0 Å². The van der Waals surface area contributed by atoms with Gasteiger partial charge in [-0.1, -0.05) is 6.07 Å². The van der Waals surface area contributed by atoms with Crippen LogP contribution in [0, 0.1) is 0 Å². The van der Waals surface area contributed by atoms with Gasteiger partial charge in [-0.2, -0.15) is 0 Å². The van der Waals surface area contributed by atoms with Crippen molar-refractivity contribution in [3.8, 4) is 5.75 Å². The largest absolute Gasteiger partial charge is 0.482 e. The molecule has 2 heterocycles. The van der Waals surface area contributed by atoms with E-state index in [1.807, 2.05) is 25.1 Å². The van der Waals surface area contributed by atoms with Gasteiger partial charge in [0.1, 0.15) is 5.75 Å². The Morgan fingerprint density at radius 1 is 1.35 bits per heavy atom. The number of nitrogens with one attached hydrogen (secondary N) is 1. The number of carbonyl (C=O) groups is 1. The van der Waals surface area contributed by atoms with E-state index >= 15 is 0 Å². The van der Waals surface area contributed by atoms with Gasteiger partial charge in [-0.05, 0) is 31.0 Å². The summed E-state index contributed by atoms with van der Waals surface area (Å²) in [6.45, 7) is 7.61. The van der Waals surface area contributed by atoms with Crippen LogP contribution in [0.25, 0.3) is 0 Å². The SMILES string of the molecule is CCN1C(=O)COc2ccc(C(O)CCN3CCNCC3)cc21. The number of hydrogen-bond acceptors (Lipinski definition) is 5. The predicted molar refractivity (Wildman–Crippen MR) is 88.9 cm³/mol. The minimum atomic E-state index is -0.522. The molecule has 1 aromatic rings. The minimum Gasteiger partial charge on any atom is -0.482 e. The average molecular weight is 319 g/mol. The molecule has 0 saturated carbocycles. The molecule has 0 aliphatic carbocycles. The van der Waals surface area contributed by atoms with Gasteiger partial charge in [-0.3, -0.25) is 4.79 Å². The van der Waals surface area contributed by atoms with E-state index < -0.39 is 6.10 Å². The normalized spacial score (nSPS) is 20.1. The predicted octanol–water partition coefficient (Wildman–Crippen LogP) is 0.761. The lowest BCUT2D eigenvalue weighted by atomic mass is 10.0. The molecule has 126 valence electrons. The number of hydrogen-bond donors (Lipinski definition) is 2. The molecule has 1 aromatic carbocycles. The van der Waals surface area contributed by atoms with Gasteiger partial charge in [0, 0.05) is 39.3 Å². The molecule has 1 fully saturated rings. The highest BCUT2D eigenvalue weighted by Gasteiger charge is 2.25. The Bertz CT molecular complexity index is 558. The number of carbonyl (C=O) groups excluding carboxylic acids is 1. The molecular weight excluding hydrogens is 294 g/mol. The van der Waals surface area contributed by atoms with Gasteiger partial charge in [0.25, 0.3) is 5.91 Å². The van der Waals surface area contributed by atoms with E-state index in [9.17, 15) is 9.90 Å². The average Bonchev–Trinajstić information content (AvgIpc) is 2.60. The van der Waals surface area contributed by atoms with Crippen LogP contribution in [-0.4, -0.2) is 61.8 Å². The molecule has 2 N–H and O–H groups in total. The fraction of sp³-hybridized carbons (Fsp3) is 0.588. The molecule has 1 unspecified atom stereocenters. The number of piperazine rings is 1. The Labute approximate surface area is 137 Å². The fourth-order valence-electron chi connectivity index (χ4n) is 3.18. The first-order chi connectivity index (χ1) is 11.2. The maximum absolute atomic E-state index is 11.9. The van der Waals surface area contributed by atoms with Gasteiger partial charge in [0.2, 0.25) is 0 Å². The van der Waals surface area contributed by atoms with E-state index in [-0.39, 0.29) is 12.5 Å². The van der Waals surface area contributed by atoms with E-state index in [1.165, 1.54) is 0 Å². The molecular formula is C17H25N3O3. The number of anilines is 1. The fourth-order valence-corrected chi connectivity index (χ4v) is 3.18. The molecule has 1 saturated heterocycles. The minimum absolute atomic E-state index is 0.0348. The second-order valence-corrected chi connectivity index (χ2v) is 6.05. The summed E-state index contributed by atoms with van der Waals surface area (Å²) < 4.78 is 5.47. The molecule has 1 atom stereocenters. The number of fused-ring (bicyclic) bond motifs is 1. The third-order valence-corrected chi connectivity index (χ3v) is 4.56. The summed E-state index contributed by atoms with van der Waals surface area (Å²) >= 11 is 0. The number of ether oxygens (including phenoxy) is 1. The molecule has 0 spiro atoms. The Morgan fingerprint density at radius 2 is 2.13 bits per heavy atom. The van der Waals surface area contributed by atoms with Crippen LogP contribution in [0.5, 0.6) is 5.75 Å². The van der Waals surface area contributed by atoms with Crippen molar-refractivity contribution >= 4 is 11.6 Å². The zero-order chi connectivity index (χ0) is 16.2. The van der Waals surface area contributed by atoms with Crippen molar-refractivity contribution in [1.82, 2.24) is 10.2 Å². The molecule has 0 aromatic heterocycles. The third-order valence-electron chi connectivity index (χ3n) is 4.56. The Hall–Kier alpha value is -1.63. The Balaban J connectivity index is 1.67. The summed E-state index contributed by atoms with van der Waals surface area (Å²) in [5, 5.41) is 13.8. The standard InChI is InChI=1S/C17H25N3O3/c1-2-20-14-11-13(3-4-16(14)23-12-17(20)22)15(21)5-8-19-9-6-18-7-10-19/h3-4,11,15,18,21H,2,5-10,12H2,1H3. The van der Waals surface area contributed by atoms with Crippen LogP contribution >= 0.6 is 0 Å². The van der Waals surface area contributed by atoms with Gasteiger partial charge in [-0.15, -0.1) is 0 Å². The van der Waals surface area contributed by atoms with Crippen LogP contribution in [0.15, 0.2) is 18.2 Å². The summed E-state index contributed by atoms with van der Waals surface area (Å²) in [6.07, 6.45) is 0.172. The van der Waals surface area contributed by atoms with E-state index in [4.69, 9.17) is 4.74 Å². The van der Waals surface area contributed by atoms with Gasteiger partial charge in [0.05, 0.1) is 11.8 Å². The summed E-state index contributed by atoms with van der Waals surface area (Å²) in [7, 11) is 0.